The highest BCUT2D eigenvalue weighted by Crippen LogP contribution is 2.39. The fourth-order valence-corrected chi connectivity index (χ4v) is 5.71. The summed E-state index contributed by atoms with van der Waals surface area (Å²) in [4.78, 5) is 8.96. The second-order valence-corrected chi connectivity index (χ2v) is 11.6. The van der Waals surface area contributed by atoms with E-state index in [1.54, 1.807) is 29.6 Å². The molecule has 2 aromatic carbocycles. The number of hydrogen-bond donors (Lipinski definition) is 2. The second-order valence-electron chi connectivity index (χ2n) is 9.40. The molecule has 182 valence electrons. The van der Waals surface area contributed by atoms with Gasteiger partial charge in [-0.05, 0) is 45.9 Å². The molecule has 0 unspecified atom stereocenters. The van der Waals surface area contributed by atoms with Gasteiger partial charge >= 0.3 is 0 Å². The van der Waals surface area contributed by atoms with Gasteiger partial charge in [-0.1, -0.05) is 18.2 Å². The number of phenols is 2. The third-order valence-corrected chi connectivity index (χ3v) is 7.89. The Bertz CT molecular complexity index is 1110. The number of aliphatic imine (C=N–C) groups is 2. The number of aromatic hydroxyl groups is 2. The topological polar surface area (TPSA) is 83.6 Å². The second kappa shape index (κ2) is 10.2. The Morgan fingerprint density at radius 2 is 1.44 bits per heavy atom. The average Bonchev–Trinajstić information content (AvgIpc) is 3.49. The zero-order chi connectivity index (χ0) is 24.3. The van der Waals surface area contributed by atoms with E-state index in [0.717, 1.165) is 45.8 Å². The predicted octanol–water partition coefficient (Wildman–Crippen LogP) is 5.58. The van der Waals surface area contributed by atoms with Crippen LogP contribution in [-0.2, 0) is 10.3 Å². The van der Waals surface area contributed by atoms with Crippen LogP contribution in [0.4, 0.5) is 0 Å². The van der Waals surface area contributed by atoms with Crippen molar-refractivity contribution in [3.05, 3.63) is 53.1 Å². The molecule has 0 aromatic heterocycles. The summed E-state index contributed by atoms with van der Waals surface area (Å²) >= 11 is 3.31. The quantitative estimate of drug-likeness (QED) is 0.467. The average molecular weight is 501 g/mol. The van der Waals surface area contributed by atoms with Crippen molar-refractivity contribution >= 4 is 33.6 Å². The van der Waals surface area contributed by atoms with Crippen molar-refractivity contribution in [1.82, 2.24) is 0 Å². The number of nitrogens with zero attached hydrogens (tertiary/aromatic N) is 2. The Morgan fingerprint density at radius 3 is 2.03 bits per heavy atom. The van der Waals surface area contributed by atoms with Crippen molar-refractivity contribution in [2.75, 3.05) is 31.2 Å². The Hall–Kier alpha value is -2.16. The molecule has 0 atom stereocenters. The van der Waals surface area contributed by atoms with Crippen molar-refractivity contribution < 1.29 is 19.7 Å². The standard InChI is InChI=1S/C26H32N2O4S2/c1-25(2,32-20-10-6-8-18(22(20)30)24-28-13-16-34-24)11-14-31-26(3,4)19-9-5-7-17(21(19)29)23-27-12-15-33-23/h5-10,29-30H,11-16H2,1-4H3. The summed E-state index contributed by atoms with van der Waals surface area (Å²) in [6.07, 6.45) is 0.596. The van der Waals surface area contributed by atoms with Gasteiger partial charge in [0.2, 0.25) is 0 Å². The van der Waals surface area contributed by atoms with E-state index in [2.05, 4.69) is 9.98 Å². The number of rotatable bonds is 9. The number of phenolic OH excluding ortho intramolecular Hbond substituents is 2. The lowest BCUT2D eigenvalue weighted by Crippen LogP contribution is -2.32. The van der Waals surface area contributed by atoms with E-state index in [1.165, 1.54) is 0 Å². The van der Waals surface area contributed by atoms with Crippen molar-refractivity contribution in [3.63, 3.8) is 0 Å². The Labute approximate surface area is 209 Å². The first-order valence-corrected chi connectivity index (χ1v) is 13.5. The van der Waals surface area contributed by atoms with Crippen LogP contribution in [0.15, 0.2) is 46.4 Å². The summed E-state index contributed by atoms with van der Waals surface area (Å²) in [7, 11) is 0. The van der Waals surface area contributed by atoms with Gasteiger partial charge in [-0.3, -0.25) is 9.98 Å². The number of ether oxygens (including phenoxy) is 2. The zero-order valence-electron chi connectivity index (χ0n) is 20.1. The summed E-state index contributed by atoms with van der Waals surface area (Å²) < 4.78 is 12.5. The molecule has 8 heteroatoms. The van der Waals surface area contributed by atoms with Crippen molar-refractivity contribution in [2.24, 2.45) is 9.98 Å². The van der Waals surface area contributed by atoms with Gasteiger partial charge in [-0.15, -0.1) is 23.5 Å². The Kier molecular flexibility index (Phi) is 7.50. The summed E-state index contributed by atoms with van der Waals surface area (Å²) in [6.45, 7) is 9.84. The molecule has 2 aliphatic rings. The van der Waals surface area contributed by atoms with Gasteiger partial charge in [-0.25, -0.2) is 0 Å². The number of benzene rings is 2. The predicted molar refractivity (Wildman–Crippen MR) is 142 cm³/mol. The molecule has 0 aliphatic carbocycles. The maximum Gasteiger partial charge on any atom is 0.167 e. The molecule has 2 aliphatic heterocycles. The number of para-hydroxylation sites is 2. The summed E-state index contributed by atoms with van der Waals surface area (Å²) in [5.41, 5.74) is 0.948. The monoisotopic (exact) mass is 500 g/mol. The van der Waals surface area contributed by atoms with Crippen LogP contribution in [0.5, 0.6) is 17.2 Å². The van der Waals surface area contributed by atoms with Crippen LogP contribution in [0.1, 0.15) is 50.8 Å². The maximum atomic E-state index is 10.9. The van der Waals surface area contributed by atoms with Gasteiger partial charge < -0.3 is 19.7 Å². The van der Waals surface area contributed by atoms with Gasteiger partial charge in [0.25, 0.3) is 0 Å². The van der Waals surface area contributed by atoms with Crippen LogP contribution < -0.4 is 4.74 Å². The van der Waals surface area contributed by atoms with Gasteiger partial charge in [0.05, 0.1) is 17.8 Å². The largest absolute Gasteiger partial charge is 0.507 e. The highest BCUT2D eigenvalue weighted by Gasteiger charge is 2.30. The van der Waals surface area contributed by atoms with Crippen LogP contribution in [0.2, 0.25) is 0 Å². The SMILES string of the molecule is CC(C)(CCOC(C)(C)c1cccc(C2=NCCS2)c1O)Oc1cccc(C2=NCCS2)c1O. The van der Waals surface area contributed by atoms with Crippen molar-refractivity contribution in [3.8, 4) is 17.2 Å². The molecule has 2 heterocycles. The van der Waals surface area contributed by atoms with Crippen LogP contribution in [-0.4, -0.2) is 57.1 Å². The third kappa shape index (κ3) is 5.56. The van der Waals surface area contributed by atoms with E-state index in [-0.39, 0.29) is 11.5 Å². The van der Waals surface area contributed by atoms with E-state index in [9.17, 15) is 10.2 Å². The van der Waals surface area contributed by atoms with E-state index < -0.39 is 11.2 Å². The molecule has 0 spiro atoms. The lowest BCUT2D eigenvalue weighted by Gasteiger charge is -2.31. The van der Waals surface area contributed by atoms with Gasteiger partial charge in [0, 0.05) is 42.1 Å². The van der Waals surface area contributed by atoms with Crippen LogP contribution in [0.25, 0.3) is 0 Å². The summed E-state index contributed by atoms with van der Waals surface area (Å²) in [5, 5.41) is 23.5. The summed E-state index contributed by atoms with van der Waals surface area (Å²) in [6, 6.07) is 11.3. The summed E-state index contributed by atoms with van der Waals surface area (Å²) in [5.74, 6) is 2.67. The minimum absolute atomic E-state index is 0.124. The Balaban J connectivity index is 1.41. The van der Waals surface area contributed by atoms with Crippen molar-refractivity contribution in [2.45, 2.75) is 45.3 Å². The molecule has 2 N–H and O–H groups in total. The molecule has 0 saturated carbocycles. The van der Waals surface area contributed by atoms with Crippen LogP contribution in [0.3, 0.4) is 0 Å². The minimum Gasteiger partial charge on any atom is -0.507 e. The van der Waals surface area contributed by atoms with Gasteiger partial charge in [-0.2, -0.15) is 0 Å². The highest BCUT2D eigenvalue weighted by atomic mass is 32.2. The molecule has 6 nitrogen and oxygen atoms in total. The van der Waals surface area contributed by atoms with Gasteiger partial charge in [0.1, 0.15) is 21.4 Å². The molecule has 0 radical (unpaired) electrons. The maximum absolute atomic E-state index is 10.9. The number of thioether (sulfide) groups is 2. The third-order valence-electron chi connectivity index (χ3n) is 5.87. The molecular weight excluding hydrogens is 468 g/mol. The first-order valence-electron chi connectivity index (χ1n) is 11.5. The molecular formula is C26H32N2O4S2. The van der Waals surface area contributed by atoms with E-state index in [0.29, 0.717) is 24.3 Å². The first kappa shape index (κ1) is 24.9. The molecule has 34 heavy (non-hydrogen) atoms. The van der Waals surface area contributed by atoms with Crippen LogP contribution in [0, 0.1) is 0 Å². The number of hydrogen-bond acceptors (Lipinski definition) is 8. The van der Waals surface area contributed by atoms with Gasteiger partial charge in [0.15, 0.2) is 11.5 Å². The fraction of sp³-hybridized carbons (Fsp3) is 0.462. The molecule has 2 aromatic rings. The van der Waals surface area contributed by atoms with E-state index in [1.807, 2.05) is 58.0 Å². The first-order chi connectivity index (χ1) is 16.2. The molecule has 0 fully saturated rings. The minimum atomic E-state index is -0.695. The zero-order valence-corrected chi connectivity index (χ0v) is 21.8. The van der Waals surface area contributed by atoms with Crippen molar-refractivity contribution in [1.29, 1.82) is 0 Å². The molecule has 0 bridgehead atoms. The molecule has 0 saturated heterocycles. The molecule has 0 amide bonds. The smallest absolute Gasteiger partial charge is 0.167 e. The lowest BCUT2D eigenvalue weighted by molar-refractivity contribution is -0.0456. The molecule has 4 rings (SSSR count). The van der Waals surface area contributed by atoms with E-state index in [4.69, 9.17) is 9.47 Å². The highest BCUT2D eigenvalue weighted by molar-refractivity contribution is 8.15. The fourth-order valence-electron chi connectivity index (χ4n) is 3.95. The van der Waals surface area contributed by atoms with Crippen LogP contribution >= 0.6 is 23.5 Å². The normalized spacial score (nSPS) is 16.5. The lowest BCUT2D eigenvalue weighted by atomic mass is 9.94. The Morgan fingerprint density at radius 1 is 0.853 bits per heavy atom. The van der Waals surface area contributed by atoms with E-state index >= 15 is 0 Å².